The Hall–Kier alpha value is -2.24. The minimum absolute atomic E-state index is 0.0820. The predicted octanol–water partition coefficient (Wildman–Crippen LogP) is 2.27. The number of piperidine rings is 1. The van der Waals surface area contributed by atoms with Gasteiger partial charge < -0.3 is 20.6 Å². The molecule has 2 rings (SSSR count). The van der Waals surface area contributed by atoms with Crippen LogP contribution in [0.15, 0.2) is 24.3 Å². The van der Waals surface area contributed by atoms with Gasteiger partial charge in [0.25, 0.3) is 0 Å². The number of rotatable bonds is 5. The van der Waals surface area contributed by atoms with E-state index in [1.807, 2.05) is 24.3 Å². The van der Waals surface area contributed by atoms with E-state index < -0.39 is 5.97 Å². The van der Waals surface area contributed by atoms with Gasteiger partial charge in [-0.05, 0) is 43.5 Å². The quantitative estimate of drug-likeness (QED) is 0.777. The van der Waals surface area contributed by atoms with Crippen molar-refractivity contribution >= 4 is 23.4 Å². The monoisotopic (exact) mass is 291 g/mol. The van der Waals surface area contributed by atoms with Crippen molar-refractivity contribution in [3.63, 3.8) is 0 Å². The summed E-state index contributed by atoms with van der Waals surface area (Å²) in [6, 6.07) is 7.33. The van der Waals surface area contributed by atoms with E-state index in [9.17, 15) is 9.59 Å². The van der Waals surface area contributed by atoms with Crippen molar-refractivity contribution in [2.24, 2.45) is 0 Å². The number of anilines is 2. The van der Waals surface area contributed by atoms with Gasteiger partial charge in [0.1, 0.15) is 0 Å². The smallest absolute Gasteiger partial charge is 0.319 e. The molecule has 2 amide bonds. The third-order valence-corrected chi connectivity index (χ3v) is 3.47. The topological polar surface area (TPSA) is 81.7 Å². The number of amides is 2. The summed E-state index contributed by atoms with van der Waals surface area (Å²) in [5, 5.41) is 13.7. The molecule has 1 aliphatic heterocycles. The van der Waals surface area contributed by atoms with Crippen LogP contribution in [0.1, 0.15) is 25.7 Å². The zero-order valence-corrected chi connectivity index (χ0v) is 12.0. The molecule has 0 bridgehead atoms. The fourth-order valence-corrected chi connectivity index (χ4v) is 2.37. The predicted molar refractivity (Wildman–Crippen MR) is 81.8 cm³/mol. The summed E-state index contributed by atoms with van der Waals surface area (Å²) in [5.74, 6) is -0.929. The summed E-state index contributed by atoms with van der Waals surface area (Å²) >= 11 is 0. The zero-order chi connectivity index (χ0) is 15.1. The van der Waals surface area contributed by atoms with Crippen molar-refractivity contribution in [3.05, 3.63) is 24.3 Å². The van der Waals surface area contributed by atoms with Gasteiger partial charge in [0.2, 0.25) is 0 Å². The number of hydrogen-bond donors (Lipinski definition) is 3. The minimum atomic E-state index is -0.929. The van der Waals surface area contributed by atoms with Crippen LogP contribution < -0.4 is 15.5 Å². The van der Waals surface area contributed by atoms with E-state index in [0.29, 0.717) is 5.69 Å². The molecular weight excluding hydrogens is 270 g/mol. The number of carbonyl (C=O) groups excluding carboxylic acids is 1. The SMILES string of the molecule is O=C(O)CCNC(=O)Nc1ccc(N2CCCCC2)cc1. The van der Waals surface area contributed by atoms with E-state index in [0.717, 1.165) is 13.1 Å². The molecule has 1 aromatic rings. The molecule has 114 valence electrons. The van der Waals surface area contributed by atoms with Gasteiger partial charge in [-0.2, -0.15) is 0 Å². The van der Waals surface area contributed by atoms with Crippen molar-refractivity contribution in [1.82, 2.24) is 5.32 Å². The highest BCUT2D eigenvalue weighted by molar-refractivity contribution is 5.89. The first-order valence-electron chi connectivity index (χ1n) is 7.27. The van der Waals surface area contributed by atoms with Crippen molar-refractivity contribution in [2.45, 2.75) is 25.7 Å². The Kier molecular flexibility index (Phi) is 5.43. The first-order valence-corrected chi connectivity index (χ1v) is 7.27. The van der Waals surface area contributed by atoms with Crippen molar-refractivity contribution < 1.29 is 14.7 Å². The van der Waals surface area contributed by atoms with Crippen molar-refractivity contribution in [2.75, 3.05) is 29.9 Å². The average Bonchev–Trinajstić information content (AvgIpc) is 2.48. The molecule has 6 heteroatoms. The Labute approximate surface area is 124 Å². The molecule has 0 atom stereocenters. The Bertz CT molecular complexity index is 481. The van der Waals surface area contributed by atoms with Crippen LogP contribution in [0.25, 0.3) is 0 Å². The third kappa shape index (κ3) is 4.98. The molecule has 1 fully saturated rings. The summed E-state index contributed by atoms with van der Waals surface area (Å²) in [5.41, 5.74) is 1.87. The molecule has 6 nitrogen and oxygen atoms in total. The molecule has 0 spiro atoms. The van der Waals surface area contributed by atoms with Crippen LogP contribution in [0.5, 0.6) is 0 Å². The van der Waals surface area contributed by atoms with Crippen LogP contribution in [0.2, 0.25) is 0 Å². The van der Waals surface area contributed by atoms with Crippen LogP contribution in [-0.4, -0.2) is 36.7 Å². The second-order valence-electron chi connectivity index (χ2n) is 5.12. The maximum Gasteiger partial charge on any atom is 0.319 e. The van der Waals surface area contributed by atoms with E-state index in [1.165, 1.54) is 24.9 Å². The fraction of sp³-hybridized carbons (Fsp3) is 0.467. The molecule has 3 N–H and O–H groups in total. The minimum Gasteiger partial charge on any atom is -0.481 e. The molecule has 1 aromatic carbocycles. The zero-order valence-electron chi connectivity index (χ0n) is 12.0. The van der Waals surface area contributed by atoms with Gasteiger partial charge in [-0.15, -0.1) is 0 Å². The number of carboxylic acids is 1. The molecule has 1 saturated heterocycles. The maximum atomic E-state index is 11.6. The Morgan fingerprint density at radius 3 is 2.38 bits per heavy atom. The van der Waals surface area contributed by atoms with Gasteiger partial charge in [0.15, 0.2) is 0 Å². The lowest BCUT2D eigenvalue weighted by atomic mass is 10.1. The number of benzene rings is 1. The van der Waals surface area contributed by atoms with Gasteiger partial charge in [0.05, 0.1) is 6.42 Å². The third-order valence-electron chi connectivity index (χ3n) is 3.47. The van der Waals surface area contributed by atoms with Crippen LogP contribution in [0.4, 0.5) is 16.2 Å². The lowest BCUT2D eigenvalue weighted by Crippen LogP contribution is -2.31. The number of carboxylic acid groups (broad SMARTS) is 1. The average molecular weight is 291 g/mol. The maximum absolute atomic E-state index is 11.6. The van der Waals surface area contributed by atoms with E-state index in [2.05, 4.69) is 15.5 Å². The largest absolute Gasteiger partial charge is 0.481 e. The molecule has 0 radical (unpaired) electrons. The molecule has 21 heavy (non-hydrogen) atoms. The van der Waals surface area contributed by atoms with E-state index >= 15 is 0 Å². The lowest BCUT2D eigenvalue weighted by molar-refractivity contribution is -0.136. The molecule has 0 unspecified atom stereocenters. The number of aliphatic carboxylic acids is 1. The number of nitrogens with zero attached hydrogens (tertiary/aromatic N) is 1. The second kappa shape index (κ2) is 7.52. The first kappa shape index (κ1) is 15.2. The highest BCUT2D eigenvalue weighted by atomic mass is 16.4. The standard InChI is InChI=1S/C15H21N3O3/c19-14(20)8-9-16-15(21)17-12-4-6-13(7-5-12)18-10-2-1-3-11-18/h4-7H,1-3,8-11H2,(H,19,20)(H2,16,17,21). The Balaban J connectivity index is 1.81. The van der Waals surface area contributed by atoms with Crippen molar-refractivity contribution in [1.29, 1.82) is 0 Å². The Morgan fingerprint density at radius 2 is 1.76 bits per heavy atom. The summed E-state index contributed by atoms with van der Waals surface area (Å²) in [4.78, 5) is 24.3. The second-order valence-corrected chi connectivity index (χ2v) is 5.12. The molecule has 1 heterocycles. The fourth-order valence-electron chi connectivity index (χ4n) is 2.37. The number of hydrogen-bond acceptors (Lipinski definition) is 3. The molecule has 1 aliphatic rings. The van der Waals surface area contributed by atoms with E-state index in [-0.39, 0.29) is 19.0 Å². The molecule has 0 aromatic heterocycles. The molecular formula is C15H21N3O3. The van der Waals surface area contributed by atoms with Gasteiger partial charge in [0, 0.05) is 31.0 Å². The van der Waals surface area contributed by atoms with Gasteiger partial charge in [-0.3, -0.25) is 4.79 Å². The van der Waals surface area contributed by atoms with E-state index in [4.69, 9.17) is 5.11 Å². The normalized spacial score (nSPS) is 14.6. The van der Waals surface area contributed by atoms with Gasteiger partial charge >= 0.3 is 12.0 Å². The first-order chi connectivity index (χ1) is 10.1. The summed E-state index contributed by atoms with van der Waals surface area (Å²) in [6.07, 6.45) is 3.67. The van der Waals surface area contributed by atoms with Crippen LogP contribution >= 0.6 is 0 Å². The highest BCUT2D eigenvalue weighted by Gasteiger charge is 2.10. The number of nitrogens with one attached hydrogen (secondary N) is 2. The van der Waals surface area contributed by atoms with Gasteiger partial charge in [-0.1, -0.05) is 0 Å². The van der Waals surface area contributed by atoms with Crippen LogP contribution in [0.3, 0.4) is 0 Å². The lowest BCUT2D eigenvalue weighted by Gasteiger charge is -2.28. The molecule has 0 saturated carbocycles. The van der Waals surface area contributed by atoms with Crippen LogP contribution in [0, 0.1) is 0 Å². The summed E-state index contributed by atoms with van der Waals surface area (Å²) in [6.45, 7) is 2.29. The highest BCUT2D eigenvalue weighted by Crippen LogP contribution is 2.21. The van der Waals surface area contributed by atoms with Crippen LogP contribution in [-0.2, 0) is 4.79 Å². The Morgan fingerprint density at radius 1 is 1.10 bits per heavy atom. The van der Waals surface area contributed by atoms with Gasteiger partial charge in [-0.25, -0.2) is 4.79 Å². The molecule has 0 aliphatic carbocycles. The summed E-state index contributed by atoms with van der Waals surface area (Å²) < 4.78 is 0. The van der Waals surface area contributed by atoms with Crippen molar-refractivity contribution in [3.8, 4) is 0 Å². The number of urea groups is 1. The summed E-state index contributed by atoms with van der Waals surface area (Å²) in [7, 11) is 0. The number of carbonyl (C=O) groups is 2. The van der Waals surface area contributed by atoms with E-state index in [1.54, 1.807) is 0 Å².